The van der Waals surface area contributed by atoms with E-state index in [0.717, 1.165) is 42.6 Å². The number of carbonyl (C=O) groups excluding carboxylic acids is 2. The summed E-state index contributed by atoms with van der Waals surface area (Å²) < 4.78 is 5.11. The predicted molar refractivity (Wildman–Crippen MR) is 121 cm³/mol. The third-order valence-corrected chi connectivity index (χ3v) is 5.45. The zero-order valence-electron chi connectivity index (χ0n) is 18.2. The van der Waals surface area contributed by atoms with E-state index in [9.17, 15) is 9.59 Å². The summed E-state index contributed by atoms with van der Waals surface area (Å²) in [6.07, 6.45) is 8.97. The molecule has 7 heteroatoms. The molecule has 2 heterocycles. The molecule has 0 saturated carbocycles. The van der Waals surface area contributed by atoms with E-state index in [4.69, 9.17) is 4.74 Å². The molecule has 2 aromatic rings. The molecule has 1 aromatic heterocycles. The monoisotopic (exact) mass is 424 g/mol. The van der Waals surface area contributed by atoms with Gasteiger partial charge in [-0.15, -0.1) is 0 Å². The van der Waals surface area contributed by atoms with Crippen molar-refractivity contribution in [1.82, 2.24) is 15.6 Å². The third kappa shape index (κ3) is 6.87. The van der Waals surface area contributed by atoms with Crippen LogP contribution in [0.4, 0.5) is 5.69 Å². The van der Waals surface area contributed by atoms with Crippen molar-refractivity contribution in [3.05, 3.63) is 59.4 Å². The zero-order chi connectivity index (χ0) is 21.9. The molecular formula is C24H32N4O3. The summed E-state index contributed by atoms with van der Waals surface area (Å²) in [5.41, 5.74) is 3.37. The number of carbonyl (C=O) groups is 2. The number of methoxy groups -OCH3 is 1. The number of ether oxygens (including phenoxy) is 1. The predicted octanol–water partition coefficient (Wildman–Crippen LogP) is 3.04. The van der Waals surface area contributed by atoms with Gasteiger partial charge in [-0.05, 0) is 60.8 Å². The van der Waals surface area contributed by atoms with Gasteiger partial charge in [-0.25, -0.2) is 0 Å². The Bertz CT molecular complexity index is 857. The summed E-state index contributed by atoms with van der Waals surface area (Å²) in [4.78, 5) is 31.3. The van der Waals surface area contributed by atoms with Crippen LogP contribution >= 0.6 is 0 Å². The molecule has 0 fully saturated rings. The first kappa shape index (κ1) is 22.9. The highest BCUT2D eigenvalue weighted by molar-refractivity contribution is 5.98. The summed E-state index contributed by atoms with van der Waals surface area (Å²) in [5, 5.41) is 6.42. The average molecular weight is 425 g/mol. The fourth-order valence-corrected chi connectivity index (χ4v) is 3.77. The van der Waals surface area contributed by atoms with Crippen molar-refractivity contribution in [1.29, 1.82) is 0 Å². The van der Waals surface area contributed by atoms with Crippen molar-refractivity contribution in [2.24, 2.45) is 0 Å². The molecule has 1 aliphatic rings. The van der Waals surface area contributed by atoms with Crippen molar-refractivity contribution in [2.45, 2.75) is 45.2 Å². The first-order chi connectivity index (χ1) is 15.2. The first-order valence-corrected chi connectivity index (χ1v) is 11.0. The van der Waals surface area contributed by atoms with Gasteiger partial charge < -0.3 is 20.3 Å². The number of rotatable bonds is 5. The smallest absolute Gasteiger partial charge is 0.252 e. The molecule has 1 aromatic carbocycles. The number of benzene rings is 1. The van der Waals surface area contributed by atoms with Crippen LogP contribution < -0.4 is 15.5 Å². The number of aromatic nitrogens is 1. The number of anilines is 1. The van der Waals surface area contributed by atoms with E-state index < -0.39 is 0 Å². The minimum atomic E-state index is -0.138. The van der Waals surface area contributed by atoms with E-state index in [1.54, 1.807) is 23.4 Å². The van der Waals surface area contributed by atoms with Crippen molar-refractivity contribution < 1.29 is 14.3 Å². The largest absolute Gasteiger partial charge is 0.375 e. The van der Waals surface area contributed by atoms with Crippen LogP contribution in [0.25, 0.3) is 0 Å². The molecule has 2 amide bonds. The topological polar surface area (TPSA) is 83.6 Å². The van der Waals surface area contributed by atoms with Crippen LogP contribution in [-0.4, -0.2) is 43.6 Å². The number of nitrogens with zero attached hydrogens (tertiary/aromatic N) is 2. The Morgan fingerprint density at radius 3 is 2.68 bits per heavy atom. The van der Waals surface area contributed by atoms with Crippen LogP contribution in [0.5, 0.6) is 0 Å². The van der Waals surface area contributed by atoms with E-state index in [1.165, 1.54) is 20.0 Å². The maximum atomic E-state index is 12.8. The van der Waals surface area contributed by atoms with E-state index >= 15 is 0 Å². The number of fused-ring (bicyclic) bond motifs is 1. The lowest BCUT2D eigenvalue weighted by molar-refractivity contribution is -0.122. The molecule has 2 N–H and O–H groups in total. The van der Waals surface area contributed by atoms with E-state index in [1.807, 2.05) is 24.3 Å². The fourth-order valence-electron chi connectivity index (χ4n) is 3.77. The lowest BCUT2D eigenvalue weighted by Gasteiger charge is -2.26. The van der Waals surface area contributed by atoms with Gasteiger partial charge in [-0.2, -0.15) is 0 Å². The Morgan fingerprint density at radius 2 is 1.87 bits per heavy atom. The summed E-state index contributed by atoms with van der Waals surface area (Å²) in [6.45, 7) is 2.67. The van der Waals surface area contributed by atoms with Crippen LogP contribution in [0.15, 0.2) is 42.7 Å². The summed E-state index contributed by atoms with van der Waals surface area (Å²) >= 11 is 0. The Labute approximate surface area is 184 Å². The van der Waals surface area contributed by atoms with Gasteiger partial charge in [0.15, 0.2) is 0 Å². The summed E-state index contributed by atoms with van der Waals surface area (Å²) in [7, 11) is 1.53. The van der Waals surface area contributed by atoms with Crippen LogP contribution in [0.1, 0.15) is 53.6 Å². The van der Waals surface area contributed by atoms with Crippen molar-refractivity contribution >= 4 is 17.5 Å². The van der Waals surface area contributed by atoms with Crippen LogP contribution in [0, 0.1) is 0 Å². The Kier molecular flexibility index (Phi) is 8.99. The van der Waals surface area contributed by atoms with Crippen molar-refractivity contribution in [3.63, 3.8) is 0 Å². The van der Waals surface area contributed by atoms with Gasteiger partial charge in [0.1, 0.15) is 6.61 Å². The number of hydrogen-bond acceptors (Lipinski definition) is 5. The van der Waals surface area contributed by atoms with Crippen LogP contribution in [0.2, 0.25) is 0 Å². The van der Waals surface area contributed by atoms with E-state index in [2.05, 4.69) is 15.6 Å². The normalized spacial score (nSPS) is 15.3. The minimum absolute atomic E-state index is 0.0427. The van der Waals surface area contributed by atoms with Gasteiger partial charge >= 0.3 is 0 Å². The summed E-state index contributed by atoms with van der Waals surface area (Å²) in [6, 6.07) is 9.32. The van der Waals surface area contributed by atoms with Crippen molar-refractivity contribution in [3.8, 4) is 0 Å². The second-order valence-electron chi connectivity index (χ2n) is 7.80. The zero-order valence-corrected chi connectivity index (χ0v) is 18.2. The molecule has 0 bridgehead atoms. The highest BCUT2D eigenvalue weighted by atomic mass is 16.5. The number of pyridine rings is 1. The highest BCUT2D eigenvalue weighted by Crippen LogP contribution is 2.24. The number of amides is 2. The lowest BCUT2D eigenvalue weighted by atomic mass is 10.0. The minimum Gasteiger partial charge on any atom is -0.375 e. The quantitative estimate of drug-likeness (QED) is 0.771. The Balaban J connectivity index is 1.81. The molecule has 3 rings (SSSR count). The van der Waals surface area contributed by atoms with Gasteiger partial charge in [0, 0.05) is 50.4 Å². The average Bonchev–Trinajstić information content (AvgIpc) is 2.78. The van der Waals surface area contributed by atoms with Gasteiger partial charge in [-0.3, -0.25) is 14.6 Å². The molecule has 166 valence electrons. The second kappa shape index (κ2) is 12.2. The lowest BCUT2D eigenvalue weighted by Crippen LogP contribution is -2.36. The van der Waals surface area contributed by atoms with Gasteiger partial charge in [0.2, 0.25) is 0 Å². The molecule has 31 heavy (non-hydrogen) atoms. The maximum absolute atomic E-state index is 12.8. The second-order valence-corrected chi connectivity index (χ2v) is 7.80. The van der Waals surface area contributed by atoms with E-state index in [0.29, 0.717) is 25.2 Å². The Hall–Kier alpha value is -2.77. The van der Waals surface area contributed by atoms with Gasteiger partial charge in [-0.1, -0.05) is 19.3 Å². The molecule has 0 unspecified atom stereocenters. The SMILES string of the molecule is COCC(=O)N1CCCCCCCNCc2cc(C(=O)NCc3ccncc3)ccc21. The number of nitrogens with one attached hydrogen (secondary N) is 2. The molecule has 0 spiro atoms. The number of hydrogen-bond donors (Lipinski definition) is 2. The van der Waals surface area contributed by atoms with Crippen molar-refractivity contribution in [2.75, 3.05) is 31.7 Å². The van der Waals surface area contributed by atoms with Crippen LogP contribution in [0.3, 0.4) is 0 Å². The summed E-state index contributed by atoms with van der Waals surface area (Å²) in [5.74, 6) is -0.198. The maximum Gasteiger partial charge on any atom is 0.252 e. The van der Waals surface area contributed by atoms with Crippen LogP contribution in [-0.2, 0) is 22.6 Å². The van der Waals surface area contributed by atoms with E-state index in [-0.39, 0.29) is 18.4 Å². The Morgan fingerprint density at radius 1 is 1.10 bits per heavy atom. The molecule has 7 nitrogen and oxygen atoms in total. The third-order valence-electron chi connectivity index (χ3n) is 5.45. The van der Waals surface area contributed by atoms with Gasteiger partial charge in [0.05, 0.1) is 0 Å². The first-order valence-electron chi connectivity index (χ1n) is 11.0. The highest BCUT2D eigenvalue weighted by Gasteiger charge is 2.20. The fraction of sp³-hybridized carbons (Fsp3) is 0.458. The van der Waals surface area contributed by atoms with Gasteiger partial charge in [0.25, 0.3) is 11.8 Å². The molecular weight excluding hydrogens is 392 g/mol. The molecule has 0 saturated heterocycles. The molecule has 0 atom stereocenters. The molecule has 1 aliphatic heterocycles. The molecule has 0 aliphatic carbocycles. The standard InChI is InChI=1S/C24H32N4O3/c1-31-18-23(29)28-14-6-4-2-3-5-11-26-17-21-15-20(7-8-22(21)28)24(30)27-16-19-9-12-25-13-10-19/h7-10,12-13,15,26H,2-6,11,14,16-18H2,1H3,(H,27,30). The molecule has 0 radical (unpaired) electrons.